The third-order valence-corrected chi connectivity index (χ3v) is 3.42. The van der Waals surface area contributed by atoms with Gasteiger partial charge in [-0.15, -0.1) is 0 Å². The number of halogens is 1. The van der Waals surface area contributed by atoms with Crippen molar-refractivity contribution in [3.05, 3.63) is 54.3 Å². The highest BCUT2D eigenvalue weighted by Gasteiger charge is 2.09. The van der Waals surface area contributed by atoms with Crippen LogP contribution in [0.1, 0.15) is 6.92 Å². The van der Waals surface area contributed by atoms with Gasteiger partial charge in [-0.05, 0) is 43.3 Å². The summed E-state index contributed by atoms with van der Waals surface area (Å²) in [5.74, 6) is 1.23. The van der Waals surface area contributed by atoms with E-state index in [1.807, 2.05) is 31.2 Å². The fourth-order valence-electron chi connectivity index (χ4n) is 2.35. The van der Waals surface area contributed by atoms with E-state index in [-0.39, 0.29) is 5.82 Å². The van der Waals surface area contributed by atoms with Gasteiger partial charge in [0.15, 0.2) is 0 Å². The maximum atomic E-state index is 13.1. The third kappa shape index (κ3) is 2.72. The average Bonchev–Trinajstić information content (AvgIpc) is 2.55. The molecule has 2 aromatic carbocycles. The van der Waals surface area contributed by atoms with E-state index < -0.39 is 0 Å². The van der Waals surface area contributed by atoms with Crippen molar-refractivity contribution in [3.8, 4) is 22.8 Å². The summed E-state index contributed by atoms with van der Waals surface area (Å²) in [5.41, 5.74) is 2.36. The summed E-state index contributed by atoms with van der Waals surface area (Å²) in [6.45, 7) is 2.50. The van der Waals surface area contributed by atoms with E-state index in [9.17, 15) is 4.39 Å². The van der Waals surface area contributed by atoms with E-state index in [0.29, 0.717) is 6.61 Å². The zero-order valence-electron chi connectivity index (χ0n) is 12.5. The maximum Gasteiger partial charge on any atom is 0.130 e. The van der Waals surface area contributed by atoms with Crippen LogP contribution in [0.15, 0.2) is 48.5 Å². The molecule has 3 aromatic rings. The summed E-state index contributed by atoms with van der Waals surface area (Å²) in [7, 11) is 1.62. The molecule has 0 amide bonds. The molecular weight excluding hydrogens is 281 g/mol. The molecular formula is C18H16FNO2. The van der Waals surface area contributed by atoms with Gasteiger partial charge >= 0.3 is 0 Å². The summed E-state index contributed by atoms with van der Waals surface area (Å²) in [6, 6.07) is 13.8. The van der Waals surface area contributed by atoms with E-state index in [0.717, 1.165) is 33.7 Å². The number of hydrogen-bond acceptors (Lipinski definition) is 3. The number of pyridine rings is 1. The number of hydrogen-bond donors (Lipinski definition) is 0. The molecule has 4 heteroatoms. The smallest absolute Gasteiger partial charge is 0.130 e. The molecule has 0 radical (unpaired) electrons. The lowest BCUT2D eigenvalue weighted by molar-refractivity contribution is 0.344. The predicted octanol–water partition coefficient (Wildman–Crippen LogP) is 4.45. The first-order chi connectivity index (χ1) is 10.7. The van der Waals surface area contributed by atoms with Crippen LogP contribution in [-0.4, -0.2) is 18.7 Å². The fraction of sp³-hybridized carbons (Fsp3) is 0.167. The van der Waals surface area contributed by atoms with Gasteiger partial charge in [-0.1, -0.05) is 0 Å². The highest BCUT2D eigenvalue weighted by Crippen LogP contribution is 2.32. The van der Waals surface area contributed by atoms with E-state index in [4.69, 9.17) is 9.47 Å². The highest BCUT2D eigenvalue weighted by atomic mass is 19.1. The standard InChI is InChI=1S/C18H16FNO2/c1-3-22-18-11-16(12-4-6-13(19)7-5-12)20-17-10-14(21-2)8-9-15(17)18/h4-11H,3H2,1-2H3. The Morgan fingerprint density at radius 2 is 1.82 bits per heavy atom. The summed E-state index contributed by atoms with van der Waals surface area (Å²) >= 11 is 0. The number of fused-ring (bicyclic) bond motifs is 1. The zero-order chi connectivity index (χ0) is 15.5. The predicted molar refractivity (Wildman–Crippen MR) is 84.9 cm³/mol. The molecule has 0 aliphatic rings. The molecule has 0 aliphatic heterocycles. The van der Waals surface area contributed by atoms with Crippen molar-refractivity contribution in [2.75, 3.05) is 13.7 Å². The van der Waals surface area contributed by atoms with Gasteiger partial charge in [0.25, 0.3) is 0 Å². The SMILES string of the molecule is CCOc1cc(-c2ccc(F)cc2)nc2cc(OC)ccc12. The summed E-state index contributed by atoms with van der Waals surface area (Å²) in [4.78, 5) is 4.64. The Balaban J connectivity index is 2.19. The normalized spacial score (nSPS) is 10.7. The first kappa shape index (κ1) is 14.3. The zero-order valence-corrected chi connectivity index (χ0v) is 12.5. The Bertz CT molecular complexity index is 800. The molecule has 1 aromatic heterocycles. The molecule has 0 spiro atoms. The molecule has 0 saturated heterocycles. The molecule has 3 nitrogen and oxygen atoms in total. The lowest BCUT2D eigenvalue weighted by Gasteiger charge is -2.11. The molecule has 0 atom stereocenters. The number of aromatic nitrogens is 1. The Morgan fingerprint density at radius 1 is 1.05 bits per heavy atom. The highest BCUT2D eigenvalue weighted by molar-refractivity contribution is 5.89. The van der Waals surface area contributed by atoms with Crippen LogP contribution in [0.4, 0.5) is 4.39 Å². The summed E-state index contributed by atoms with van der Waals surface area (Å²) < 4.78 is 24.1. The van der Waals surface area contributed by atoms with Crippen LogP contribution in [0, 0.1) is 5.82 Å². The van der Waals surface area contributed by atoms with Gasteiger partial charge in [-0.25, -0.2) is 9.37 Å². The minimum Gasteiger partial charge on any atom is -0.497 e. The van der Waals surface area contributed by atoms with Gasteiger partial charge in [0.05, 0.1) is 24.9 Å². The number of methoxy groups -OCH3 is 1. The van der Waals surface area contributed by atoms with Crippen molar-refractivity contribution in [1.82, 2.24) is 4.98 Å². The minimum absolute atomic E-state index is 0.267. The largest absolute Gasteiger partial charge is 0.497 e. The lowest BCUT2D eigenvalue weighted by atomic mass is 10.1. The van der Waals surface area contributed by atoms with Crippen LogP contribution in [-0.2, 0) is 0 Å². The summed E-state index contributed by atoms with van der Waals surface area (Å²) in [6.07, 6.45) is 0. The van der Waals surface area contributed by atoms with Crippen molar-refractivity contribution in [2.45, 2.75) is 6.92 Å². The minimum atomic E-state index is -0.267. The molecule has 112 valence electrons. The van der Waals surface area contributed by atoms with E-state index >= 15 is 0 Å². The third-order valence-electron chi connectivity index (χ3n) is 3.42. The van der Waals surface area contributed by atoms with Gasteiger partial charge in [0, 0.05) is 23.1 Å². The first-order valence-electron chi connectivity index (χ1n) is 7.09. The molecule has 0 saturated carbocycles. The second-order valence-corrected chi connectivity index (χ2v) is 4.83. The molecule has 3 rings (SSSR count). The Hall–Kier alpha value is -2.62. The van der Waals surface area contributed by atoms with Crippen molar-refractivity contribution in [3.63, 3.8) is 0 Å². The van der Waals surface area contributed by atoms with E-state index in [1.54, 1.807) is 19.2 Å². The molecule has 0 unspecified atom stereocenters. The number of nitrogens with zero attached hydrogens (tertiary/aromatic N) is 1. The monoisotopic (exact) mass is 297 g/mol. The molecule has 0 N–H and O–H groups in total. The van der Waals surface area contributed by atoms with Crippen LogP contribution < -0.4 is 9.47 Å². The van der Waals surface area contributed by atoms with Crippen molar-refractivity contribution in [2.24, 2.45) is 0 Å². The Labute approximate surface area is 128 Å². The number of rotatable bonds is 4. The van der Waals surface area contributed by atoms with Crippen LogP contribution in [0.25, 0.3) is 22.2 Å². The van der Waals surface area contributed by atoms with Crippen molar-refractivity contribution in [1.29, 1.82) is 0 Å². The van der Waals surface area contributed by atoms with Crippen molar-refractivity contribution >= 4 is 10.9 Å². The van der Waals surface area contributed by atoms with E-state index in [1.165, 1.54) is 12.1 Å². The fourth-order valence-corrected chi connectivity index (χ4v) is 2.35. The molecule has 0 bridgehead atoms. The van der Waals surface area contributed by atoms with Crippen molar-refractivity contribution < 1.29 is 13.9 Å². The van der Waals surface area contributed by atoms with Gasteiger partial charge < -0.3 is 9.47 Å². The second kappa shape index (κ2) is 6.02. The van der Waals surface area contributed by atoms with Gasteiger partial charge in [-0.2, -0.15) is 0 Å². The van der Waals surface area contributed by atoms with E-state index in [2.05, 4.69) is 4.98 Å². The van der Waals surface area contributed by atoms with Gasteiger partial charge in [-0.3, -0.25) is 0 Å². The summed E-state index contributed by atoms with van der Waals surface area (Å²) in [5, 5.41) is 0.925. The Kier molecular flexibility index (Phi) is 3.92. The Morgan fingerprint density at radius 3 is 2.50 bits per heavy atom. The van der Waals surface area contributed by atoms with Crippen LogP contribution in [0.3, 0.4) is 0 Å². The number of benzene rings is 2. The molecule has 1 heterocycles. The quantitative estimate of drug-likeness (QED) is 0.713. The van der Waals surface area contributed by atoms with Crippen LogP contribution in [0.2, 0.25) is 0 Å². The molecule has 0 aliphatic carbocycles. The second-order valence-electron chi connectivity index (χ2n) is 4.83. The average molecular weight is 297 g/mol. The molecule has 22 heavy (non-hydrogen) atoms. The topological polar surface area (TPSA) is 31.4 Å². The van der Waals surface area contributed by atoms with Crippen LogP contribution >= 0.6 is 0 Å². The maximum absolute atomic E-state index is 13.1. The molecule has 0 fully saturated rings. The lowest BCUT2D eigenvalue weighted by Crippen LogP contribution is -1.96. The first-order valence-corrected chi connectivity index (χ1v) is 7.09. The van der Waals surface area contributed by atoms with Gasteiger partial charge in [0.1, 0.15) is 17.3 Å². The van der Waals surface area contributed by atoms with Gasteiger partial charge in [0.2, 0.25) is 0 Å². The van der Waals surface area contributed by atoms with Crippen LogP contribution in [0.5, 0.6) is 11.5 Å². The number of ether oxygens (including phenoxy) is 2.